The van der Waals surface area contributed by atoms with Gasteiger partial charge in [-0.25, -0.2) is 9.45 Å². The summed E-state index contributed by atoms with van der Waals surface area (Å²) in [5.74, 6) is 3.06. The average Bonchev–Trinajstić information content (AvgIpc) is 2.51. The van der Waals surface area contributed by atoms with Crippen molar-refractivity contribution in [1.29, 1.82) is 0 Å². The number of phosphoric acid groups is 1. The maximum absolute atomic E-state index is 13.0. The molecule has 1 aromatic rings. The number of para-hydroxylation sites is 1. The highest BCUT2D eigenvalue weighted by atomic mass is 31.2. The molecule has 4 aliphatic carbocycles. The fraction of sp³-hybridized carbons (Fsp3) is 0.647. The van der Waals surface area contributed by atoms with E-state index in [4.69, 9.17) is 13.7 Å². The van der Waals surface area contributed by atoms with E-state index in [0.29, 0.717) is 17.6 Å². The second-order valence-corrected chi connectivity index (χ2v) is 8.53. The summed E-state index contributed by atoms with van der Waals surface area (Å²) in [5, 5.41) is 0. The van der Waals surface area contributed by atoms with Gasteiger partial charge in [-0.05, 0) is 67.9 Å². The van der Waals surface area contributed by atoms with Crippen LogP contribution in [-0.2, 0) is 18.7 Å². The monoisotopic (exact) mass is 338 g/mol. The minimum absolute atomic E-state index is 0.0486. The molecule has 0 amide bonds. The Morgan fingerprint density at radius 2 is 1.57 bits per heavy atom. The zero-order valence-corrected chi connectivity index (χ0v) is 14.2. The van der Waals surface area contributed by atoms with E-state index in [-0.39, 0.29) is 6.10 Å². The van der Waals surface area contributed by atoms with Gasteiger partial charge in [0.1, 0.15) is 5.75 Å². The first-order chi connectivity index (χ1) is 11.1. The third-order valence-electron chi connectivity index (χ3n) is 5.52. The molecule has 6 heteroatoms. The molecule has 4 bridgehead atoms. The molecule has 0 heterocycles. The van der Waals surface area contributed by atoms with Crippen molar-refractivity contribution in [2.24, 2.45) is 23.7 Å². The summed E-state index contributed by atoms with van der Waals surface area (Å²) in [5.41, 5.74) is 0. The lowest BCUT2D eigenvalue weighted by Gasteiger charge is -2.53. The molecule has 5 rings (SSSR count). The van der Waals surface area contributed by atoms with E-state index in [1.165, 1.54) is 39.2 Å². The van der Waals surface area contributed by atoms with Crippen molar-refractivity contribution in [3.05, 3.63) is 30.3 Å². The van der Waals surface area contributed by atoms with Crippen LogP contribution in [0.5, 0.6) is 5.75 Å². The predicted octanol–water partition coefficient (Wildman–Crippen LogP) is 4.59. The highest BCUT2D eigenvalue weighted by Crippen LogP contribution is 2.60. The summed E-state index contributed by atoms with van der Waals surface area (Å²) < 4.78 is 29.4. The van der Waals surface area contributed by atoms with Crippen LogP contribution in [0.1, 0.15) is 32.1 Å². The topological polar surface area (TPSA) is 54.0 Å². The number of rotatable bonds is 6. The summed E-state index contributed by atoms with van der Waals surface area (Å²) >= 11 is 0. The summed E-state index contributed by atoms with van der Waals surface area (Å²) in [4.78, 5) is 4.66. The highest BCUT2D eigenvalue weighted by Gasteiger charge is 2.52. The molecule has 5 nitrogen and oxygen atoms in total. The lowest BCUT2D eigenvalue weighted by atomic mass is 9.55. The van der Waals surface area contributed by atoms with Gasteiger partial charge in [0.2, 0.25) is 0 Å². The maximum atomic E-state index is 13.0. The van der Waals surface area contributed by atoms with Gasteiger partial charge in [0.05, 0.1) is 13.2 Å². The fourth-order valence-electron chi connectivity index (χ4n) is 4.95. The summed E-state index contributed by atoms with van der Waals surface area (Å²) in [7, 11) is -2.47. The van der Waals surface area contributed by atoms with Gasteiger partial charge in [0, 0.05) is 0 Å². The van der Waals surface area contributed by atoms with Crippen molar-refractivity contribution in [1.82, 2.24) is 0 Å². The quantitative estimate of drug-likeness (QED) is 0.431. The number of phosphoric ester groups is 1. The Kier molecular flexibility index (Phi) is 4.22. The number of benzene rings is 1. The van der Waals surface area contributed by atoms with E-state index in [1.807, 2.05) is 18.2 Å². The smallest absolute Gasteiger partial charge is 0.403 e. The lowest BCUT2D eigenvalue weighted by Crippen LogP contribution is -2.49. The Morgan fingerprint density at radius 1 is 0.957 bits per heavy atom. The molecular formula is C17H23O5P. The molecule has 4 fully saturated rings. The molecule has 1 aromatic carbocycles. The van der Waals surface area contributed by atoms with Crippen molar-refractivity contribution in [2.75, 3.05) is 7.11 Å². The lowest BCUT2D eigenvalue weighted by molar-refractivity contribution is -0.206. The predicted molar refractivity (Wildman–Crippen MR) is 84.7 cm³/mol. The second kappa shape index (κ2) is 6.21. The van der Waals surface area contributed by atoms with Crippen LogP contribution < -0.4 is 4.52 Å². The van der Waals surface area contributed by atoms with Crippen LogP contribution in [0.3, 0.4) is 0 Å². The van der Waals surface area contributed by atoms with Gasteiger partial charge in [-0.15, -0.1) is 4.67 Å². The SMILES string of the molecule is COOP(=O)(Oc1ccccc1)OC1C2CC3CC(C2)CC1C3. The van der Waals surface area contributed by atoms with Crippen LogP contribution in [0, 0.1) is 23.7 Å². The Labute approximate surface area is 136 Å². The first-order valence-electron chi connectivity index (χ1n) is 8.40. The first kappa shape index (κ1) is 15.6. The van der Waals surface area contributed by atoms with E-state index < -0.39 is 7.82 Å². The van der Waals surface area contributed by atoms with Crippen LogP contribution in [0.4, 0.5) is 0 Å². The van der Waals surface area contributed by atoms with Crippen LogP contribution in [0.15, 0.2) is 30.3 Å². The van der Waals surface area contributed by atoms with Gasteiger partial charge < -0.3 is 4.52 Å². The molecule has 126 valence electrons. The van der Waals surface area contributed by atoms with Crippen molar-refractivity contribution in [3.8, 4) is 5.75 Å². The van der Waals surface area contributed by atoms with E-state index >= 15 is 0 Å². The van der Waals surface area contributed by atoms with Crippen LogP contribution in [-0.4, -0.2) is 13.2 Å². The Bertz CT molecular complexity index is 562. The van der Waals surface area contributed by atoms with Gasteiger partial charge in [-0.2, -0.15) is 0 Å². The van der Waals surface area contributed by atoms with Crippen LogP contribution >= 0.6 is 7.82 Å². The second-order valence-electron chi connectivity index (χ2n) is 7.09. The maximum Gasteiger partial charge on any atom is 0.558 e. The van der Waals surface area contributed by atoms with Gasteiger partial charge in [0.25, 0.3) is 0 Å². The van der Waals surface area contributed by atoms with Crippen LogP contribution in [0.25, 0.3) is 0 Å². The molecular weight excluding hydrogens is 315 g/mol. The molecule has 1 atom stereocenters. The standard InChI is InChI=1S/C17H23O5P/c1-19-22-23(18,20-16-5-3-2-4-6-16)21-17-14-8-12-7-13(10-14)11-15(17)9-12/h2-6,12-15,17H,7-11H2,1H3. The minimum Gasteiger partial charge on any atom is -0.403 e. The Morgan fingerprint density at radius 3 is 2.13 bits per heavy atom. The molecule has 0 aromatic heterocycles. The van der Waals surface area contributed by atoms with Crippen molar-refractivity contribution in [2.45, 2.75) is 38.2 Å². The number of hydrogen-bond acceptors (Lipinski definition) is 5. The summed E-state index contributed by atoms with van der Waals surface area (Å²) in [6.45, 7) is 0. The Balaban J connectivity index is 1.51. The molecule has 1 unspecified atom stereocenters. The van der Waals surface area contributed by atoms with E-state index in [2.05, 4.69) is 4.89 Å². The van der Waals surface area contributed by atoms with Crippen molar-refractivity contribution in [3.63, 3.8) is 0 Å². The number of hydrogen-bond donors (Lipinski definition) is 0. The van der Waals surface area contributed by atoms with Gasteiger partial charge in [0.15, 0.2) is 0 Å². The van der Waals surface area contributed by atoms with Gasteiger partial charge in [-0.1, -0.05) is 18.2 Å². The first-order valence-corrected chi connectivity index (χ1v) is 9.87. The average molecular weight is 338 g/mol. The molecule has 0 aliphatic heterocycles. The Hall–Kier alpha value is -0.870. The van der Waals surface area contributed by atoms with Crippen LogP contribution in [0.2, 0.25) is 0 Å². The normalized spacial score (nSPS) is 37.5. The molecule has 4 aliphatic rings. The summed E-state index contributed by atoms with van der Waals surface area (Å²) in [6.07, 6.45) is 6.03. The summed E-state index contributed by atoms with van der Waals surface area (Å²) in [6, 6.07) is 8.95. The molecule has 23 heavy (non-hydrogen) atoms. The highest BCUT2D eigenvalue weighted by molar-refractivity contribution is 7.48. The van der Waals surface area contributed by atoms with Crippen molar-refractivity contribution < 1.29 is 23.2 Å². The minimum atomic E-state index is -3.79. The third-order valence-corrected chi connectivity index (χ3v) is 6.78. The van der Waals surface area contributed by atoms with Gasteiger partial charge >= 0.3 is 7.82 Å². The van der Waals surface area contributed by atoms with E-state index in [9.17, 15) is 4.57 Å². The largest absolute Gasteiger partial charge is 0.558 e. The van der Waals surface area contributed by atoms with E-state index in [0.717, 1.165) is 11.8 Å². The zero-order chi connectivity index (χ0) is 15.9. The zero-order valence-electron chi connectivity index (χ0n) is 13.3. The van der Waals surface area contributed by atoms with Crippen molar-refractivity contribution >= 4 is 7.82 Å². The molecule has 0 radical (unpaired) electrons. The molecule has 0 saturated heterocycles. The fourth-order valence-corrected chi connectivity index (χ4v) is 6.27. The third kappa shape index (κ3) is 3.20. The molecule has 4 saturated carbocycles. The molecule has 0 spiro atoms. The van der Waals surface area contributed by atoms with E-state index in [1.54, 1.807) is 12.1 Å². The molecule has 0 N–H and O–H groups in total. The van der Waals surface area contributed by atoms with Gasteiger partial charge in [-0.3, -0.25) is 4.52 Å².